The van der Waals surface area contributed by atoms with Gasteiger partial charge >= 0.3 is 0 Å². The molecular formula is C8H12ClNS2. The van der Waals surface area contributed by atoms with Crippen LogP contribution < -0.4 is 0 Å². The second-order valence-corrected chi connectivity index (χ2v) is 5.44. The van der Waals surface area contributed by atoms with Crippen LogP contribution >= 0.6 is 34.7 Å². The van der Waals surface area contributed by atoms with Crippen molar-refractivity contribution in [3.8, 4) is 0 Å². The van der Waals surface area contributed by atoms with Gasteiger partial charge in [0.1, 0.15) is 4.34 Å². The summed E-state index contributed by atoms with van der Waals surface area (Å²) in [4.78, 5) is 5.74. The van der Waals surface area contributed by atoms with Crippen molar-refractivity contribution in [3.05, 3.63) is 10.6 Å². The number of aromatic nitrogens is 1. The summed E-state index contributed by atoms with van der Waals surface area (Å²) in [5, 5.41) is 0. The minimum atomic E-state index is 0.746. The van der Waals surface area contributed by atoms with Crippen molar-refractivity contribution in [1.29, 1.82) is 0 Å². The fourth-order valence-corrected chi connectivity index (χ4v) is 3.17. The molecule has 12 heavy (non-hydrogen) atoms. The third-order valence-corrected chi connectivity index (χ3v) is 4.08. The molecule has 0 spiro atoms. The zero-order valence-electron chi connectivity index (χ0n) is 7.26. The average Bonchev–Trinajstić information content (AvgIpc) is 2.32. The number of thiazole rings is 1. The van der Waals surface area contributed by atoms with Gasteiger partial charge in [0.05, 0.1) is 5.69 Å². The van der Waals surface area contributed by atoms with Crippen LogP contribution in [0, 0.1) is 13.8 Å². The highest BCUT2D eigenvalue weighted by atomic mass is 35.5. The Morgan fingerprint density at radius 1 is 1.50 bits per heavy atom. The number of rotatable bonds is 4. The molecule has 0 N–H and O–H groups in total. The summed E-state index contributed by atoms with van der Waals surface area (Å²) in [7, 11) is 0. The highest BCUT2D eigenvalue weighted by molar-refractivity contribution is 8.01. The second kappa shape index (κ2) is 5.10. The van der Waals surface area contributed by atoms with E-state index in [0.29, 0.717) is 0 Å². The van der Waals surface area contributed by atoms with Crippen LogP contribution in [0.25, 0.3) is 0 Å². The van der Waals surface area contributed by atoms with Crippen molar-refractivity contribution >= 4 is 34.7 Å². The highest BCUT2D eigenvalue weighted by Crippen LogP contribution is 2.26. The molecule has 0 saturated heterocycles. The lowest BCUT2D eigenvalue weighted by Crippen LogP contribution is -1.80. The van der Waals surface area contributed by atoms with Gasteiger partial charge in [0.25, 0.3) is 0 Å². The van der Waals surface area contributed by atoms with E-state index in [1.807, 2.05) is 0 Å². The molecule has 0 atom stereocenters. The number of hydrogen-bond donors (Lipinski definition) is 0. The van der Waals surface area contributed by atoms with E-state index in [9.17, 15) is 0 Å². The Kier molecular flexibility index (Phi) is 4.40. The summed E-state index contributed by atoms with van der Waals surface area (Å²) in [6.07, 6.45) is 1.06. The molecule has 0 aliphatic heterocycles. The molecule has 68 valence electrons. The Labute approximate surface area is 86.5 Å². The van der Waals surface area contributed by atoms with Crippen molar-refractivity contribution in [2.75, 3.05) is 11.6 Å². The lowest BCUT2D eigenvalue weighted by Gasteiger charge is -1.92. The minimum absolute atomic E-state index is 0.746. The number of nitrogens with zero attached hydrogens (tertiary/aromatic N) is 1. The minimum Gasteiger partial charge on any atom is -0.235 e. The van der Waals surface area contributed by atoms with E-state index in [-0.39, 0.29) is 0 Å². The Morgan fingerprint density at radius 3 is 2.75 bits per heavy atom. The van der Waals surface area contributed by atoms with Crippen LogP contribution in [0.3, 0.4) is 0 Å². The summed E-state index contributed by atoms with van der Waals surface area (Å²) in [5.41, 5.74) is 1.16. The molecule has 1 aromatic heterocycles. The number of aryl methyl sites for hydroxylation is 2. The van der Waals surface area contributed by atoms with Gasteiger partial charge in [0.2, 0.25) is 0 Å². The van der Waals surface area contributed by atoms with Gasteiger partial charge in [-0.1, -0.05) is 11.8 Å². The van der Waals surface area contributed by atoms with E-state index in [1.165, 1.54) is 9.22 Å². The Bertz CT molecular complexity index is 228. The molecule has 0 unspecified atom stereocenters. The third-order valence-electron chi connectivity index (χ3n) is 1.51. The smallest absolute Gasteiger partial charge is 0.150 e. The van der Waals surface area contributed by atoms with E-state index < -0.39 is 0 Å². The maximum atomic E-state index is 5.57. The molecule has 1 nitrogen and oxygen atoms in total. The lowest BCUT2D eigenvalue weighted by atomic mass is 10.4. The number of halogens is 1. The molecule has 0 aromatic carbocycles. The van der Waals surface area contributed by atoms with Crippen molar-refractivity contribution in [1.82, 2.24) is 4.98 Å². The number of hydrogen-bond acceptors (Lipinski definition) is 3. The molecule has 0 aliphatic carbocycles. The highest BCUT2D eigenvalue weighted by Gasteiger charge is 2.02. The van der Waals surface area contributed by atoms with Crippen LogP contribution in [0.1, 0.15) is 17.0 Å². The van der Waals surface area contributed by atoms with Gasteiger partial charge in [0.15, 0.2) is 0 Å². The first-order chi connectivity index (χ1) is 5.74. The SMILES string of the molecule is Cc1nc(SCCCCl)sc1C. The Morgan fingerprint density at radius 2 is 2.25 bits per heavy atom. The van der Waals surface area contributed by atoms with Crippen molar-refractivity contribution in [3.63, 3.8) is 0 Å². The summed E-state index contributed by atoms with van der Waals surface area (Å²) >= 11 is 9.15. The second-order valence-electron chi connectivity index (χ2n) is 2.51. The van der Waals surface area contributed by atoms with Crippen molar-refractivity contribution in [2.24, 2.45) is 0 Å². The molecule has 0 saturated carbocycles. The molecular weight excluding hydrogens is 210 g/mol. The molecule has 1 rings (SSSR count). The monoisotopic (exact) mass is 221 g/mol. The molecule has 0 radical (unpaired) electrons. The first-order valence-electron chi connectivity index (χ1n) is 3.87. The lowest BCUT2D eigenvalue weighted by molar-refractivity contribution is 1.10. The fourth-order valence-electron chi connectivity index (χ4n) is 0.719. The maximum absolute atomic E-state index is 5.57. The maximum Gasteiger partial charge on any atom is 0.150 e. The Balaban J connectivity index is 2.42. The van der Waals surface area contributed by atoms with Crippen LogP contribution in [0.2, 0.25) is 0 Å². The van der Waals surface area contributed by atoms with Gasteiger partial charge in [-0.05, 0) is 20.3 Å². The van der Waals surface area contributed by atoms with Crippen LogP contribution in [-0.4, -0.2) is 16.6 Å². The van der Waals surface area contributed by atoms with Gasteiger partial charge < -0.3 is 0 Å². The van der Waals surface area contributed by atoms with Gasteiger partial charge in [-0.2, -0.15) is 0 Å². The van der Waals surface area contributed by atoms with E-state index in [1.54, 1.807) is 23.1 Å². The normalized spacial score (nSPS) is 10.6. The molecule has 4 heteroatoms. The fraction of sp³-hybridized carbons (Fsp3) is 0.625. The zero-order chi connectivity index (χ0) is 8.97. The predicted octanol–water partition coefficient (Wildman–Crippen LogP) is 3.48. The van der Waals surface area contributed by atoms with Crippen LogP contribution in [0.4, 0.5) is 0 Å². The van der Waals surface area contributed by atoms with Gasteiger partial charge in [-0.3, -0.25) is 0 Å². The quantitative estimate of drug-likeness (QED) is 0.439. The van der Waals surface area contributed by atoms with Crippen molar-refractivity contribution < 1.29 is 0 Å². The van der Waals surface area contributed by atoms with Gasteiger partial charge in [0, 0.05) is 16.5 Å². The molecule has 0 aliphatic rings. The Hall–Kier alpha value is 0.270. The summed E-state index contributed by atoms with van der Waals surface area (Å²) in [6, 6.07) is 0. The molecule has 0 fully saturated rings. The van der Waals surface area contributed by atoms with Crippen LogP contribution in [-0.2, 0) is 0 Å². The molecule has 1 heterocycles. The van der Waals surface area contributed by atoms with Crippen LogP contribution in [0.15, 0.2) is 4.34 Å². The standard InChI is InChI=1S/C8H12ClNS2/c1-6-7(2)12-8(10-6)11-5-3-4-9/h3-5H2,1-2H3. The third kappa shape index (κ3) is 2.96. The van der Waals surface area contributed by atoms with E-state index in [2.05, 4.69) is 18.8 Å². The average molecular weight is 222 g/mol. The molecule has 0 amide bonds. The van der Waals surface area contributed by atoms with Gasteiger partial charge in [-0.15, -0.1) is 22.9 Å². The number of thioether (sulfide) groups is 1. The molecule has 0 bridgehead atoms. The molecule has 1 aromatic rings. The zero-order valence-corrected chi connectivity index (χ0v) is 9.65. The van der Waals surface area contributed by atoms with Gasteiger partial charge in [-0.25, -0.2) is 4.98 Å². The van der Waals surface area contributed by atoms with E-state index >= 15 is 0 Å². The summed E-state index contributed by atoms with van der Waals surface area (Å²) in [6.45, 7) is 4.16. The topological polar surface area (TPSA) is 12.9 Å². The largest absolute Gasteiger partial charge is 0.235 e. The summed E-state index contributed by atoms with van der Waals surface area (Å²) in [5.74, 6) is 1.83. The van der Waals surface area contributed by atoms with E-state index in [4.69, 9.17) is 11.6 Å². The number of alkyl halides is 1. The summed E-state index contributed by atoms with van der Waals surface area (Å²) < 4.78 is 1.18. The van der Waals surface area contributed by atoms with Crippen LogP contribution in [0.5, 0.6) is 0 Å². The first-order valence-corrected chi connectivity index (χ1v) is 6.20. The predicted molar refractivity (Wildman–Crippen MR) is 57.6 cm³/mol. The first kappa shape index (κ1) is 10.4. The van der Waals surface area contributed by atoms with E-state index in [0.717, 1.165) is 23.7 Å². The van der Waals surface area contributed by atoms with Crippen molar-refractivity contribution in [2.45, 2.75) is 24.6 Å².